The van der Waals surface area contributed by atoms with Gasteiger partial charge in [0.2, 0.25) is 0 Å². The summed E-state index contributed by atoms with van der Waals surface area (Å²) in [5, 5.41) is 8.79. The van der Waals surface area contributed by atoms with Crippen molar-refractivity contribution in [3.05, 3.63) is 34.2 Å². The van der Waals surface area contributed by atoms with Gasteiger partial charge in [-0.2, -0.15) is 0 Å². The Morgan fingerprint density at radius 3 is 2.59 bits per heavy atom. The van der Waals surface area contributed by atoms with E-state index in [-0.39, 0.29) is 16.5 Å². The highest BCUT2D eigenvalue weighted by Crippen LogP contribution is 2.15. The highest BCUT2D eigenvalue weighted by Gasteiger charge is 2.17. The zero-order chi connectivity index (χ0) is 12.8. The Morgan fingerprint density at radius 2 is 2.06 bits per heavy atom. The van der Waals surface area contributed by atoms with Crippen molar-refractivity contribution in [2.75, 3.05) is 6.26 Å². The Kier molecular flexibility index (Phi) is 2.32. The molecule has 0 saturated heterocycles. The zero-order valence-electron chi connectivity index (χ0n) is 8.58. The minimum atomic E-state index is -3.79. The van der Waals surface area contributed by atoms with Crippen LogP contribution >= 0.6 is 0 Å². The van der Waals surface area contributed by atoms with Crippen LogP contribution in [0.15, 0.2) is 27.5 Å². The van der Waals surface area contributed by atoms with E-state index in [1.54, 1.807) is 0 Å². The maximum atomic E-state index is 11.3. The normalized spacial score (nSPS) is 11.8. The molecule has 7 nitrogen and oxygen atoms in total. The van der Waals surface area contributed by atoms with Gasteiger partial charge < -0.3 is 9.63 Å². The van der Waals surface area contributed by atoms with Crippen LogP contribution < -0.4 is 5.63 Å². The standard InChI is InChI=1S/C9H7NO6S/c1-17(14,15)10-7-4-5(8(11)12)2-3-6(7)9(13)16-10/h2-4H,1H3,(H,11,12). The lowest BCUT2D eigenvalue weighted by atomic mass is 10.2. The SMILES string of the molecule is CS(=O)(=O)n1oc(=O)c2ccc(C(=O)O)cc21. The lowest BCUT2D eigenvalue weighted by Gasteiger charge is -1.98. The Bertz CT molecular complexity index is 766. The third-order valence-electron chi connectivity index (χ3n) is 2.13. The van der Waals surface area contributed by atoms with Gasteiger partial charge in [0.1, 0.15) is 5.52 Å². The van der Waals surface area contributed by atoms with E-state index < -0.39 is 21.6 Å². The first kappa shape index (κ1) is 11.4. The maximum Gasteiger partial charge on any atom is 0.366 e. The molecular formula is C9H7NO6S. The molecule has 0 amide bonds. The van der Waals surface area contributed by atoms with Crippen molar-refractivity contribution in [1.82, 2.24) is 4.15 Å². The van der Waals surface area contributed by atoms with Crippen LogP contribution in [-0.2, 0) is 10.0 Å². The Hall–Kier alpha value is -2.09. The second kappa shape index (κ2) is 3.45. The van der Waals surface area contributed by atoms with Crippen LogP contribution in [0.25, 0.3) is 10.9 Å². The second-order valence-corrected chi connectivity index (χ2v) is 5.20. The number of hydrogen-bond acceptors (Lipinski definition) is 5. The summed E-state index contributed by atoms with van der Waals surface area (Å²) < 4.78 is 27.6. The van der Waals surface area contributed by atoms with Gasteiger partial charge in [0.25, 0.3) is 10.0 Å². The van der Waals surface area contributed by atoms with Crippen LogP contribution in [-0.4, -0.2) is 29.9 Å². The third-order valence-corrected chi connectivity index (χ3v) is 3.00. The predicted octanol–water partition coefficient (Wildman–Crippen LogP) is 0.100. The van der Waals surface area contributed by atoms with Crippen LogP contribution in [0.4, 0.5) is 0 Å². The number of fused-ring (bicyclic) bond motifs is 1. The predicted molar refractivity (Wildman–Crippen MR) is 57.7 cm³/mol. The fourth-order valence-corrected chi connectivity index (χ4v) is 2.12. The monoisotopic (exact) mass is 257 g/mol. The number of aromatic carboxylic acids is 1. The van der Waals surface area contributed by atoms with Gasteiger partial charge in [-0.1, -0.05) is 4.15 Å². The minimum absolute atomic E-state index is 0.0143. The van der Waals surface area contributed by atoms with Gasteiger partial charge >= 0.3 is 11.6 Å². The average Bonchev–Trinajstić information content (AvgIpc) is 2.55. The molecule has 0 bridgehead atoms. The molecule has 1 heterocycles. The Balaban J connectivity index is 2.92. The van der Waals surface area contributed by atoms with Gasteiger partial charge in [-0.05, 0) is 18.2 Å². The van der Waals surface area contributed by atoms with Crippen LogP contribution in [0.2, 0.25) is 0 Å². The first-order chi connectivity index (χ1) is 7.80. The summed E-state index contributed by atoms with van der Waals surface area (Å²) in [7, 11) is -3.79. The number of carboxylic acid groups (broad SMARTS) is 1. The molecule has 0 aliphatic rings. The number of nitrogens with zero attached hydrogens (tertiary/aromatic N) is 1. The molecule has 0 saturated carbocycles. The van der Waals surface area contributed by atoms with Gasteiger partial charge in [-0.15, -0.1) is 0 Å². The molecule has 0 aliphatic carbocycles. The molecule has 0 atom stereocenters. The van der Waals surface area contributed by atoms with Crippen LogP contribution in [0.5, 0.6) is 0 Å². The van der Waals surface area contributed by atoms with Crippen molar-refractivity contribution in [3.8, 4) is 0 Å². The molecule has 0 radical (unpaired) electrons. The summed E-state index contributed by atoms with van der Waals surface area (Å²) in [4.78, 5) is 22.1. The molecule has 8 heteroatoms. The zero-order valence-corrected chi connectivity index (χ0v) is 9.39. The van der Waals surface area contributed by atoms with Gasteiger partial charge in [0.15, 0.2) is 0 Å². The molecule has 0 spiro atoms. The largest absolute Gasteiger partial charge is 0.478 e. The number of carboxylic acids is 1. The lowest BCUT2D eigenvalue weighted by molar-refractivity contribution is 0.0697. The van der Waals surface area contributed by atoms with Crippen molar-refractivity contribution in [2.24, 2.45) is 0 Å². The topological polar surface area (TPSA) is 107 Å². The fourth-order valence-electron chi connectivity index (χ4n) is 1.41. The molecule has 90 valence electrons. The number of benzene rings is 1. The Morgan fingerprint density at radius 1 is 1.41 bits per heavy atom. The molecule has 2 aromatic rings. The molecule has 0 fully saturated rings. The lowest BCUT2D eigenvalue weighted by Crippen LogP contribution is -2.09. The summed E-state index contributed by atoms with van der Waals surface area (Å²) in [6.45, 7) is 0. The molecule has 17 heavy (non-hydrogen) atoms. The summed E-state index contributed by atoms with van der Waals surface area (Å²) in [5.74, 6) is -1.22. The molecule has 1 N–H and O–H groups in total. The minimum Gasteiger partial charge on any atom is -0.478 e. The summed E-state index contributed by atoms with van der Waals surface area (Å²) >= 11 is 0. The highest BCUT2D eigenvalue weighted by atomic mass is 32.2. The first-order valence-electron chi connectivity index (χ1n) is 4.40. The number of aromatic nitrogens is 1. The van der Waals surface area contributed by atoms with Gasteiger partial charge in [0.05, 0.1) is 17.2 Å². The van der Waals surface area contributed by atoms with Gasteiger partial charge in [-0.25, -0.2) is 18.0 Å². The van der Waals surface area contributed by atoms with Gasteiger partial charge in [-0.3, -0.25) is 0 Å². The van der Waals surface area contributed by atoms with Crippen LogP contribution in [0.3, 0.4) is 0 Å². The van der Waals surface area contributed by atoms with E-state index in [2.05, 4.69) is 4.52 Å². The van der Waals surface area contributed by atoms with E-state index in [0.717, 1.165) is 12.3 Å². The van der Waals surface area contributed by atoms with Crippen molar-refractivity contribution in [1.29, 1.82) is 0 Å². The molecule has 0 unspecified atom stereocenters. The van der Waals surface area contributed by atoms with Crippen molar-refractivity contribution < 1.29 is 22.8 Å². The van der Waals surface area contributed by atoms with E-state index in [9.17, 15) is 18.0 Å². The number of hydrogen-bond donors (Lipinski definition) is 1. The van der Waals surface area contributed by atoms with Crippen LogP contribution in [0, 0.1) is 0 Å². The third kappa shape index (κ3) is 1.82. The Labute approximate surface area is 94.9 Å². The van der Waals surface area contributed by atoms with E-state index in [1.165, 1.54) is 12.1 Å². The second-order valence-electron chi connectivity index (χ2n) is 3.41. The summed E-state index contributed by atoms with van der Waals surface area (Å²) in [6, 6.07) is 3.49. The fraction of sp³-hybridized carbons (Fsp3) is 0.111. The molecule has 1 aromatic heterocycles. The van der Waals surface area contributed by atoms with Crippen LogP contribution in [0.1, 0.15) is 10.4 Å². The molecule has 0 aliphatic heterocycles. The summed E-state index contributed by atoms with van der Waals surface area (Å²) in [5.41, 5.74) is -1.05. The number of rotatable bonds is 2. The molecule has 2 rings (SSSR count). The van der Waals surface area contributed by atoms with E-state index >= 15 is 0 Å². The van der Waals surface area contributed by atoms with E-state index in [0.29, 0.717) is 4.15 Å². The van der Waals surface area contributed by atoms with Crippen molar-refractivity contribution >= 4 is 26.9 Å². The van der Waals surface area contributed by atoms with Gasteiger partial charge in [0, 0.05) is 0 Å². The highest BCUT2D eigenvalue weighted by molar-refractivity contribution is 7.89. The average molecular weight is 257 g/mol. The van der Waals surface area contributed by atoms with E-state index in [4.69, 9.17) is 5.11 Å². The number of carbonyl (C=O) groups is 1. The smallest absolute Gasteiger partial charge is 0.366 e. The molecular weight excluding hydrogens is 250 g/mol. The maximum absolute atomic E-state index is 11.3. The van der Waals surface area contributed by atoms with Crippen molar-refractivity contribution in [2.45, 2.75) is 0 Å². The van der Waals surface area contributed by atoms with E-state index in [1.807, 2.05) is 0 Å². The van der Waals surface area contributed by atoms with Crippen molar-refractivity contribution in [3.63, 3.8) is 0 Å². The molecule has 1 aromatic carbocycles. The first-order valence-corrected chi connectivity index (χ1v) is 6.25. The quantitative estimate of drug-likeness (QED) is 0.817. The summed E-state index contributed by atoms with van der Waals surface area (Å²) in [6.07, 6.45) is 0.850.